The quantitative estimate of drug-likeness (QED) is 0.252. The van der Waals surface area contributed by atoms with Gasteiger partial charge in [0, 0.05) is 28.0 Å². The Morgan fingerprint density at radius 3 is 2.03 bits per heavy atom. The van der Waals surface area contributed by atoms with E-state index in [1.165, 1.54) is 32.1 Å². The van der Waals surface area contributed by atoms with Gasteiger partial charge >= 0.3 is 0 Å². The molecule has 0 N–H and O–H groups in total. The van der Waals surface area contributed by atoms with E-state index < -0.39 is 0 Å². The number of rotatable bonds is 9. The zero-order valence-electron chi connectivity index (χ0n) is 17.4. The summed E-state index contributed by atoms with van der Waals surface area (Å²) in [5.41, 5.74) is 3.51. The molecule has 154 valence electrons. The van der Waals surface area contributed by atoms with E-state index in [1.54, 1.807) is 12.4 Å². The number of ether oxygens (including phenoxy) is 1. The van der Waals surface area contributed by atoms with Gasteiger partial charge in [0.05, 0.1) is 18.0 Å². The van der Waals surface area contributed by atoms with Gasteiger partial charge < -0.3 is 4.74 Å². The van der Waals surface area contributed by atoms with Crippen molar-refractivity contribution in [2.45, 2.75) is 45.4 Å². The molecule has 0 amide bonds. The summed E-state index contributed by atoms with van der Waals surface area (Å²) >= 11 is 3.39. The molecule has 0 unspecified atom stereocenters. The summed E-state index contributed by atoms with van der Waals surface area (Å²) in [6.07, 6.45) is 11.2. The van der Waals surface area contributed by atoms with Gasteiger partial charge in [-0.15, -0.1) is 0 Å². The van der Waals surface area contributed by atoms with E-state index in [1.807, 2.05) is 48.5 Å². The second-order valence-corrected chi connectivity index (χ2v) is 8.10. The van der Waals surface area contributed by atoms with Crippen LogP contribution in [-0.4, -0.2) is 16.6 Å². The van der Waals surface area contributed by atoms with Crippen LogP contribution in [0.15, 0.2) is 65.4 Å². The Hall–Kier alpha value is -2.64. The van der Waals surface area contributed by atoms with Gasteiger partial charge in [-0.3, -0.25) is 9.97 Å². The minimum absolute atomic E-state index is 0.780. The number of unbranched alkanes of at least 4 members (excludes halogenated alkanes) is 5. The van der Waals surface area contributed by atoms with Crippen LogP contribution >= 0.6 is 15.9 Å². The van der Waals surface area contributed by atoms with Crippen LogP contribution in [0.25, 0.3) is 11.4 Å². The minimum atomic E-state index is 0.780. The van der Waals surface area contributed by atoms with Crippen LogP contribution in [-0.2, 0) is 0 Å². The van der Waals surface area contributed by atoms with E-state index in [4.69, 9.17) is 4.74 Å². The second-order valence-electron chi connectivity index (χ2n) is 7.18. The lowest BCUT2D eigenvalue weighted by atomic mass is 10.1. The molecular weight excluding hydrogens is 436 g/mol. The van der Waals surface area contributed by atoms with Crippen molar-refractivity contribution in [2.24, 2.45) is 0 Å². The Balaban J connectivity index is 1.48. The molecule has 0 atom stereocenters. The van der Waals surface area contributed by atoms with Crippen molar-refractivity contribution in [3.63, 3.8) is 0 Å². The molecule has 1 aromatic carbocycles. The Labute approximate surface area is 188 Å². The molecule has 0 aliphatic rings. The highest BCUT2D eigenvalue weighted by Gasteiger charge is 2.00. The zero-order valence-corrected chi connectivity index (χ0v) is 19.0. The van der Waals surface area contributed by atoms with E-state index in [2.05, 4.69) is 44.7 Å². The molecule has 0 aliphatic carbocycles. The summed E-state index contributed by atoms with van der Waals surface area (Å²) in [7, 11) is 0. The van der Waals surface area contributed by atoms with Crippen LogP contribution < -0.4 is 4.74 Å². The third kappa shape index (κ3) is 7.31. The number of hydrogen-bond donors (Lipinski definition) is 0. The summed E-state index contributed by atoms with van der Waals surface area (Å²) < 4.78 is 6.78. The summed E-state index contributed by atoms with van der Waals surface area (Å²) in [6.45, 7) is 3.02. The first-order chi connectivity index (χ1) is 14.7. The van der Waals surface area contributed by atoms with Crippen molar-refractivity contribution in [1.29, 1.82) is 0 Å². The predicted octanol–water partition coefficient (Wildman–Crippen LogP) is 7.05. The van der Waals surface area contributed by atoms with Crippen molar-refractivity contribution >= 4 is 15.9 Å². The van der Waals surface area contributed by atoms with Crippen LogP contribution in [0.3, 0.4) is 0 Å². The highest BCUT2D eigenvalue weighted by Crippen LogP contribution is 2.17. The molecule has 0 spiro atoms. The van der Waals surface area contributed by atoms with Crippen molar-refractivity contribution in [3.05, 3.63) is 76.5 Å². The number of halogens is 1. The molecule has 0 aliphatic heterocycles. The van der Waals surface area contributed by atoms with E-state index in [0.717, 1.165) is 45.8 Å². The lowest BCUT2D eigenvalue weighted by Crippen LogP contribution is -1.97. The van der Waals surface area contributed by atoms with Gasteiger partial charge in [0.25, 0.3) is 0 Å². The number of hydrogen-bond acceptors (Lipinski definition) is 3. The van der Waals surface area contributed by atoms with Crippen molar-refractivity contribution in [1.82, 2.24) is 9.97 Å². The highest BCUT2D eigenvalue weighted by molar-refractivity contribution is 9.10. The van der Waals surface area contributed by atoms with Gasteiger partial charge in [-0.1, -0.05) is 50.9 Å². The first-order valence-electron chi connectivity index (χ1n) is 10.6. The SMILES string of the molecule is CCCCCCCCOc1ccc(C#Cc2ccc(-c3ccc(Br)cn3)nc2)cc1. The van der Waals surface area contributed by atoms with Crippen LogP contribution in [0.1, 0.15) is 56.6 Å². The van der Waals surface area contributed by atoms with Crippen LogP contribution in [0, 0.1) is 11.8 Å². The third-order valence-electron chi connectivity index (χ3n) is 4.73. The zero-order chi connectivity index (χ0) is 21.0. The number of aromatic nitrogens is 2. The van der Waals surface area contributed by atoms with Gasteiger partial charge in [-0.25, -0.2) is 0 Å². The van der Waals surface area contributed by atoms with Crippen molar-refractivity contribution < 1.29 is 4.74 Å². The fourth-order valence-electron chi connectivity index (χ4n) is 3.00. The first kappa shape index (κ1) is 22.1. The van der Waals surface area contributed by atoms with E-state index in [9.17, 15) is 0 Å². The Morgan fingerprint density at radius 2 is 1.37 bits per heavy atom. The molecule has 0 fully saturated rings. The molecule has 2 heterocycles. The third-order valence-corrected chi connectivity index (χ3v) is 5.19. The molecule has 0 bridgehead atoms. The molecule has 3 rings (SSSR count). The van der Waals surface area contributed by atoms with Gasteiger partial charge in [-0.2, -0.15) is 0 Å². The second kappa shape index (κ2) is 12.1. The Bertz CT molecular complexity index is 955. The summed E-state index contributed by atoms with van der Waals surface area (Å²) in [4.78, 5) is 8.84. The molecule has 2 aromatic heterocycles. The maximum absolute atomic E-state index is 5.83. The minimum Gasteiger partial charge on any atom is -0.494 e. The average Bonchev–Trinajstić information content (AvgIpc) is 2.79. The predicted molar refractivity (Wildman–Crippen MR) is 126 cm³/mol. The standard InChI is InChI=1S/C26H27BrN2O/c1-2-3-4-5-6-7-18-30-24-14-10-21(11-15-24)8-9-22-12-16-25(28-19-22)26-17-13-23(27)20-29-26/h10-17,19-20H,2-7,18H2,1H3. The molecule has 0 radical (unpaired) electrons. The largest absolute Gasteiger partial charge is 0.494 e. The summed E-state index contributed by atoms with van der Waals surface area (Å²) in [5.74, 6) is 7.25. The van der Waals surface area contributed by atoms with Crippen LogP contribution in [0.2, 0.25) is 0 Å². The van der Waals surface area contributed by atoms with E-state index in [-0.39, 0.29) is 0 Å². The number of nitrogens with zero attached hydrogens (tertiary/aromatic N) is 2. The monoisotopic (exact) mass is 462 g/mol. The first-order valence-corrected chi connectivity index (χ1v) is 11.4. The van der Waals surface area contributed by atoms with Gasteiger partial charge in [0.1, 0.15) is 5.75 Å². The summed E-state index contributed by atoms with van der Waals surface area (Å²) in [6, 6.07) is 15.8. The van der Waals surface area contributed by atoms with Crippen molar-refractivity contribution in [2.75, 3.05) is 6.61 Å². The average molecular weight is 463 g/mol. The number of pyridine rings is 2. The van der Waals surface area contributed by atoms with Gasteiger partial charge in [0.15, 0.2) is 0 Å². The number of benzene rings is 1. The topological polar surface area (TPSA) is 35.0 Å². The maximum Gasteiger partial charge on any atom is 0.119 e. The molecule has 0 saturated carbocycles. The van der Waals surface area contributed by atoms with Crippen LogP contribution in [0.4, 0.5) is 0 Å². The Kier molecular flexibility index (Phi) is 8.93. The fraction of sp³-hybridized carbons (Fsp3) is 0.308. The summed E-state index contributed by atoms with van der Waals surface area (Å²) in [5, 5.41) is 0. The van der Waals surface area contributed by atoms with E-state index >= 15 is 0 Å². The molecule has 3 nitrogen and oxygen atoms in total. The normalized spacial score (nSPS) is 10.3. The van der Waals surface area contributed by atoms with Gasteiger partial charge in [0.2, 0.25) is 0 Å². The van der Waals surface area contributed by atoms with Crippen LogP contribution in [0.5, 0.6) is 5.75 Å². The highest BCUT2D eigenvalue weighted by atomic mass is 79.9. The lowest BCUT2D eigenvalue weighted by molar-refractivity contribution is 0.304. The lowest BCUT2D eigenvalue weighted by Gasteiger charge is -2.06. The fourth-order valence-corrected chi connectivity index (χ4v) is 3.23. The molecule has 3 aromatic rings. The molecule has 4 heteroatoms. The van der Waals surface area contributed by atoms with Gasteiger partial charge in [-0.05, 0) is 70.9 Å². The van der Waals surface area contributed by atoms with E-state index in [0.29, 0.717) is 0 Å². The molecule has 0 saturated heterocycles. The van der Waals surface area contributed by atoms with Crippen molar-refractivity contribution in [3.8, 4) is 29.0 Å². The molecule has 30 heavy (non-hydrogen) atoms. The smallest absolute Gasteiger partial charge is 0.119 e. The maximum atomic E-state index is 5.83. The Morgan fingerprint density at radius 1 is 0.733 bits per heavy atom. The molecular formula is C26H27BrN2O.